The van der Waals surface area contributed by atoms with Crippen molar-refractivity contribution >= 4 is 17.3 Å². The van der Waals surface area contributed by atoms with E-state index in [1.807, 2.05) is 0 Å². The second kappa shape index (κ2) is 6.20. The minimum atomic E-state index is -0.355. The highest BCUT2D eigenvalue weighted by atomic mass is 35.5. The van der Waals surface area contributed by atoms with Crippen molar-refractivity contribution in [3.8, 4) is 0 Å². The van der Waals surface area contributed by atoms with Crippen LogP contribution in [0.2, 0.25) is 5.02 Å². The van der Waals surface area contributed by atoms with E-state index in [1.165, 1.54) is 19.3 Å². The van der Waals surface area contributed by atoms with E-state index in [-0.39, 0.29) is 16.6 Å². The first kappa shape index (κ1) is 13.4. The monoisotopic (exact) mass is 270 g/mol. The van der Waals surface area contributed by atoms with E-state index < -0.39 is 0 Å². The van der Waals surface area contributed by atoms with Gasteiger partial charge in [0.15, 0.2) is 0 Å². The van der Waals surface area contributed by atoms with Gasteiger partial charge in [0.05, 0.1) is 11.9 Å². The van der Waals surface area contributed by atoms with Crippen LogP contribution in [0.25, 0.3) is 0 Å². The highest BCUT2D eigenvalue weighted by molar-refractivity contribution is 6.32. The molecule has 0 amide bonds. The first-order chi connectivity index (χ1) is 8.66. The van der Waals surface area contributed by atoms with E-state index in [9.17, 15) is 4.79 Å². The summed E-state index contributed by atoms with van der Waals surface area (Å²) in [5.41, 5.74) is 0.247. The quantitative estimate of drug-likeness (QED) is 0.874. The second-order valence-corrected chi connectivity index (χ2v) is 5.21. The van der Waals surface area contributed by atoms with Crippen LogP contribution in [0.4, 0.5) is 5.69 Å². The maximum absolute atomic E-state index is 11.3. The molecule has 0 aromatic carbocycles. The summed E-state index contributed by atoms with van der Waals surface area (Å²) in [6.45, 7) is 5.37. The predicted molar refractivity (Wildman–Crippen MR) is 73.2 cm³/mol. The van der Waals surface area contributed by atoms with E-state index in [1.54, 1.807) is 6.20 Å². The Hall–Kier alpha value is -1.07. The van der Waals surface area contributed by atoms with Gasteiger partial charge in [0.1, 0.15) is 5.02 Å². The Labute approximate surface area is 112 Å². The summed E-state index contributed by atoms with van der Waals surface area (Å²) < 4.78 is 0. The van der Waals surface area contributed by atoms with Crippen LogP contribution < -0.4 is 10.9 Å². The highest BCUT2D eigenvalue weighted by Gasteiger charge is 2.14. The molecule has 1 fully saturated rings. The van der Waals surface area contributed by atoms with E-state index in [0.717, 1.165) is 19.6 Å². The number of piperidine rings is 1. The molecule has 1 aromatic rings. The molecular formula is C12H19ClN4O. The molecule has 0 bridgehead atoms. The third-order valence-electron chi connectivity index (χ3n) is 3.18. The molecule has 1 aliphatic heterocycles. The zero-order chi connectivity index (χ0) is 13.0. The second-order valence-electron chi connectivity index (χ2n) is 4.83. The lowest BCUT2D eigenvalue weighted by Crippen LogP contribution is -2.38. The molecule has 0 spiro atoms. The fourth-order valence-corrected chi connectivity index (χ4v) is 2.47. The van der Waals surface area contributed by atoms with Crippen LogP contribution in [-0.4, -0.2) is 40.8 Å². The largest absolute Gasteiger partial charge is 0.379 e. The van der Waals surface area contributed by atoms with Crippen molar-refractivity contribution in [1.82, 2.24) is 15.1 Å². The van der Waals surface area contributed by atoms with E-state index in [2.05, 4.69) is 27.3 Å². The van der Waals surface area contributed by atoms with Gasteiger partial charge < -0.3 is 10.2 Å². The Morgan fingerprint density at radius 1 is 1.50 bits per heavy atom. The minimum Gasteiger partial charge on any atom is -0.379 e. The number of nitrogens with one attached hydrogen (secondary N) is 2. The SMILES string of the molecule is CC(CN1CCCCC1)Nc1cn[nH]c(=O)c1Cl. The Bertz CT molecular complexity index is 442. The van der Waals surface area contributed by atoms with Gasteiger partial charge in [-0.25, -0.2) is 5.10 Å². The number of anilines is 1. The van der Waals surface area contributed by atoms with Crippen LogP contribution in [0.15, 0.2) is 11.0 Å². The van der Waals surface area contributed by atoms with Gasteiger partial charge in [-0.1, -0.05) is 18.0 Å². The molecule has 0 aliphatic carbocycles. The summed E-state index contributed by atoms with van der Waals surface area (Å²) in [6, 6.07) is 0.240. The van der Waals surface area contributed by atoms with E-state index >= 15 is 0 Å². The average Bonchev–Trinajstić information content (AvgIpc) is 2.36. The van der Waals surface area contributed by atoms with Gasteiger partial charge in [-0.15, -0.1) is 0 Å². The molecule has 0 saturated carbocycles. The van der Waals surface area contributed by atoms with Crippen LogP contribution in [0.3, 0.4) is 0 Å². The van der Waals surface area contributed by atoms with Crippen LogP contribution >= 0.6 is 11.6 Å². The zero-order valence-electron chi connectivity index (χ0n) is 10.6. The lowest BCUT2D eigenvalue weighted by Gasteiger charge is -2.29. The van der Waals surface area contributed by atoms with Crippen LogP contribution in [0, 0.1) is 0 Å². The maximum atomic E-state index is 11.3. The lowest BCUT2D eigenvalue weighted by molar-refractivity contribution is 0.223. The number of H-pyrrole nitrogens is 1. The molecule has 1 atom stereocenters. The topological polar surface area (TPSA) is 61.0 Å². The summed E-state index contributed by atoms with van der Waals surface area (Å²) in [6.07, 6.45) is 5.44. The van der Waals surface area contributed by atoms with Crippen molar-refractivity contribution in [3.05, 3.63) is 21.6 Å². The number of likely N-dealkylation sites (tertiary alicyclic amines) is 1. The van der Waals surface area contributed by atoms with Crippen molar-refractivity contribution in [2.45, 2.75) is 32.2 Å². The summed E-state index contributed by atoms with van der Waals surface area (Å²) >= 11 is 5.92. The van der Waals surface area contributed by atoms with Gasteiger partial charge in [0, 0.05) is 12.6 Å². The van der Waals surface area contributed by atoms with Crippen molar-refractivity contribution in [2.24, 2.45) is 0 Å². The van der Waals surface area contributed by atoms with Gasteiger partial charge in [-0.05, 0) is 32.9 Å². The predicted octanol–water partition coefficient (Wildman–Crippen LogP) is 1.71. The normalized spacial score (nSPS) is 18.6. The number of aromatic amines is 1. The van der Waals surface area contributed by atoms with E-state index in [0.29, 0.717) is 5.69 Å². The molecular weight excluding hydrogens is 252 g/mol. The molecule has 1 aliphatic rings. The molecule has 2 N–H and O–H groups in total. The van der Waals surface area contributed by atoms with Crippen molar-refractivity contribution < 1.29 is 0 Å². The minimum absolute atomic E-state index is 0.176. The smallest absolute Gasteiger partial charge is 0.285 e. The van der Waals surface area contributed by atoms with Crippen LogP contribution in [0.5, 0.6) is 0 Å². The zero-order valence-corrected chi connectivity index (χ0v) is 11.3. The molecule has 2 heterocycles. The van der Waals surface area contributed by atoms with Gasteiger partial charge in [0.2, 0.25) is 0 Å². The van der Waals surface area contributed by atoms with Crippen molar-refractivity contribution in [1.29, 1.82) is 0 Å². The molecule has 100 valence electrons. The molecule has 5 nitrogen and oxygen atoms in total. The summed E-state index contributed by atoms with van der Waals surface area (Å²) in [5.74, 6) is 0. The number of hydrogen-bond acceptors (Lipinski definition) is 4. The van der Waals surface area contributed by atoms with Crippen molar-refractivity contribution in [3.63, 3.8) is 0 Å². The summed E-state index contributed by atoms with van der Waals surface area (Å²) in [5, 5.41) is 9.47. The van der Waals surface area contributed by atoms with Crippen LogP contribution in [-0.2, 0) is 0 Å². The van der Waals surface area contributed by atoms with Crippen molar-refractivity contribution in [2.75, 3.05) is 25.0 Å². The fraction of sp³-hybridized carbons (Fsp3) is 0.667. The Morgan fingerprint density at radius 3 is 2.94 bits per heavy atom. The number of halogens is 1. The summed E-state index contributed by atoms with van der Waals surface area (Å²) in [4.78, 5) is 13.8. The first-order valence-corrected chi connectivity index (χ1v) is 6.76. The molecule has 1 saturated heterocycles. The van der Waals surface area contributed by atoms with Gasteiger partial charge in [-0.2, -0.15) is 5.10 Å². The molecule has 0 radical (unpaired) electrons. The van der Waals surface area contributed by atoms with Gasteiger partial charge >= 0.3 is 0 Å². The third kappa shape index (κ3) is 3.46. The fourth-order valence-electron chi connectivity index (χ4n) is 2.32. The number of nitrogens with zero attached hydrogens (tertiary/aromatic N) is 2. The highest BCUT2D eigenvalue weighted by Crippen LogP contribution is 2.16. The summed E-state index contributed by atoms with van der Waals surface area (Å²) in [7, 11) is 0. The molecule has 1 aromatic heterocycles. The number of hydrogen-bond donors (Lipinski definition) is 2. The van der Waals surface area contributed by atoms with Gasteiger partial charge in [-0.3, -0.25) is 4.79 Å². The molecule has 1 unspecified atom stereocenters. The average molecular weight is 271 g/mol. The molecule has 2 rings (SSSR count). The molecule has 6 heteroatoms. The number of aromatic nitrogens is 2. The maximum Gasteiger partial charge on any atom is 0.285 e. The lowest BCUT2D eigenvalue weighted by atomic mass is 10.1. The first-order valence-electron chi connectivity index (χ1n) is 6.39. The van der Waals surface area contributed by atoms with E-state index in [4.69, 9.17) is 11.6 Å². The Morgan fingerprint density at radius 2 is 2.22 bits per heavy atom. The van der Waals surface area contributed by atoms with Gasteiger partial charge in [0.25, 0.3) is 5.56 Å². The standard InChI is InChI=1S/C12H19ClN4O/c1-9(8-17-5-3-2-4-6-17)15-10-7-14-16-12(18)11(10)13/h7,9H,2-6,8H2,1H3,(H2,15,16,18). The third-order valence-corrected chi connectivity index (χ3v) is 3.55. The van der Waals surface area contributed by atoms with Crippen LogP contribution in [0.1, 0.15) is 26.2 Å². The Kier molecular flexibility index (Phi) is 4.60. The number of rotatable bonds is 4. The Balaban J connectivity index is 1.92. The molecule has 18 heavy (non-hydrogen) atoms.